The van der Waals surface area contributed by atoms with E-state index in [2.05, 4.69) is 17.8 Å². The fourth-order valence-electron chi connectivity index (χ4n) is 3.42. The number of rotatable bonds is 4. The van der Waals surface area contributed by atoms with Crippen LogP contribution in [0.1, 0.15) is 16.7 Å². The maximum atomic E-state index is 9.98. The molecule has 0 saturated carbocycles. The van der Waals surface area contributed by atoms with E-state index in [0.29, 0.717) is 50.5 Å². The van der Waals surface area contributed by atoms with E-state index in [1.165, 1.54) is 24.3 Å². The molecule has 0 bridgehead atoms. The topological polar surface area (TPSA) is 111 Å². The summed E-state index contributed by atoms with van der Waals surface area (Å²) in [6.45, 7) is 0. The molecule has 0 fully saturated rings. The minimum atomic E-state index is -0.136. The van der Waals surface area contributed by atoms with Gasteiger partial charge in [0.15, 0.2) is 0 Å². The quantitative estimate of drug-likeness (QED) is 0.201. The van der Waals surface area contributed by atoms with E-state index in [0.717, 1.165) is 0 Å². The molecule has 4 rings (SSSR count). The van der Waals surface area contributed by atoms with Gasteiger partial charge in [0.1, 0.15) is 34.5 Å². The van der Waals surface area contributed by atoms with Crippen LogP contribution in [0.15, 0.2) is 54.6 Å². The highest BCUT2D eigenvalue weighted by molar-refractivity contribution is 6.00. The van der Waals surface area contributed by atoms with Gasteiger partial charge in [-0.05, 0) is 42.5 Å². The van der Waals surface area contributed by atoms with Crippen LogP contribution < -0.4 is 20.9 Å². The van der Waals surface area contributed by atoms with Crippen LogP contribution in [-0.4, -0.2) is 10.2 Å². The Balaban J connectivity index is 1.98. The Morgan fingerprint density at radius 3 is 1.76 bits per heavy atom. The monoisotopic (exact) mass is 446 g/mol. The molecule has 4 aromatic carbocycles. The molecule has 0 aliphatic carbocycles. The smallest absolute Gasteiger partial charge is 0.142 e. The van der Waals surface area contributed by atoms with Crippen molar-refractivity contribution >= 4 is 22.1 Å². The number of ether oxygens (including phenoxy) is 2. The number of phenols is 2. The van der Waals surface area contributed by atoms with Gasteiger partial charge in [0.05, 0.1) is 16.9 Å². The summed E-state index contributed by atoms with van der Waals surface area (Å²) < 4.78 is 12.1. The molecule has 164 valence electrons. The van der Waals surface area contributed by atoms with Crippen LogP contribution in [0.25, 0.3) is 10.8 Å². The molecule has 6 heteroatoms. The summed E-state index contributed by atoms with van der Waals surface area (Å²) in [5.74, 6) is 8.80. The summed E-state index contributed by atoms with van der Waals surface area (Å²) >= 11 is 0. The predicted octanol–water partition coefficient (Wildman–Crippen LogP) is 4.94. The molecule has 0 atom stereocenters. The lowest BCUT2D eigenvalue weighted by Crippen LogP contribution is -1.97. The average molecular weight is 446 g/mol. The maximum absolute atomic E-state index is 9.98. The van der Waals surface area contributed by atoms with Gasteiger partial charge < -0.3 is 31.2 Å². The summed E-state index contributed by atoms with van der Waals surface area (Å²) in [4.78, 5) is 0. The van der Waals surface area contributed by atoms with E-state index in [1.807, 2.05) is 0 Å². The Hall–Kier alpha value is -5.38. The van der Waals surface area contributed by atoms with Crippen molar-refractivity contribution in [3.63, 3.8) is 0 Å². The first-order chi connectivity index (χ1) is 16.3. The highest BCUT2D eigenvalue weighted by atomic mass is 16.5. The third-order valence-electron chi connectivity index (χ3n) is 5.09. The molecule has 0 aliphatic heterocycles. The van der Waals surface area contributed by atoms with Gasteiger partial charge in [-0.1, -0.05) is 17.8 Å². The molecule has 6 N–H and O–H groups in total. The maximum Gasteiger partial charge on any atom is 0.142 e. The van der Waals surface area contributed by atoms with Crippen LogP contribution in [0, 0.1) is 37.0 Å². The summed E-state index contributed by atoms with van der Waals surface area (Å²) in [5, 5.41) is 21.0. The second-order valence-electron chi connectivity index (χ2n) is 7.27. The van der Waals surface area contributed by atoms with Gasteiger partial charge in [-0.3, -0.25) is 0 Å². The highest BCUT2D eigenvalue weighted by Gasteiger charge is 2.18. The lowest BCUT2D eigenvalue weighted by atomic mass is 9.96. The fraction of sp³-hybridized carbons (Fsp3) is 0. The number of nitrogen functional groups attached to an aromatic ring is 2. The van der Waals surface area contributed by atoms with Crippen molar-refractivity contribution < 1.29 is 19.7 Å². The Morgan fingerprint density at radius 2 is 1.26 bits per heavy atom. The zero-order valence-electron chi connectivity index (χ0n) is 17.8. The van der Waals surface area contributed by atoms with Crippen molar-refractivity contribution in [1.82, 2.24) is 0 Å². The number of nitrogens with two attached hydrogens (primary N) is 2. The van der Waals surface area contributed by atoms with Crippen molar-refractivity contribution in [2.45, 2.75) is 0 Å². The zero-order chi connectivity index (χ0) is 24.4. The lowest BCUT2D eigenvalue weighted by molar-refractivity contribution is 0.456. The van der Waals surface area contributed by atoms with Crippen molar-refractivity contribution in [3.05, 3.63) is 71.3 Å². The lowest BCUT2D eigenvalue weighted by Gasteiger charge is -2.17. The first-order valence-corrected chi connectivity index (χ1v) is 9.92. The molecule has 34 heavy (non-hydrogen) atoms. The van der Waals surface area contributed by atoms with Crippen LogP contribution >= 0.6 is 0 Å². The van der Waals surface area contributed by atoms with E-state index in [4.69, 9.17) is 40.2 Å². The zero-order valence-corrected chi connectivity index (χ0v) is 17.8. The third-order valence-corrected chi connectivity index (χ3v) is 5.09. The molecule has 0 saturated heterocycles. The van der Waals surface area contributed by atoms with Gasteiger partial charge in [0.25, 0.3) is 0 Å². The second kappa shape index (κ2) is 8.63. The molecule has 0 heterocycles. The van der Waals surface area contributed by atoms with Crippen molar-refractivity contribution in [2.24, 2.45) is 0 Å². The number of terminal acetylenes is 3. The molecule has 0 radical (unpaired) electrons. The average Bonchev–Trinajstić information content (AvgIpc) is 2.83. The van der Waals surface area contributed by atoms with E-state index < -0.39 is 0 Å². The standard InChI is InChI=1S/C28H18N2O4/c1-4-16-11-21-26(33-18-7-9-22(29)24(31)14-18)13-17(5-2)20(6-3)28(21)27(12-16)34-19-8-10-23(30)25(32)15-19/h1-3,7-15,31-32H,29-30H2. The van der Waals surface area contributed by atoms with Gasteiger partial charge in [0.2, 0.25) is 0 Å². The number of fused-ring (bicyclic) bond motifs is 1. The number of anilines is 2. The Labute approximate surface area is 196 Å². The minimum absolute atomic E-state index is 0.129. The van der Waals surface area contributed by atoms with Gasteiger partial charge >= 0.3 is 0 Å². The molecular formula is C28H18N2O4. The van der Waals surface area contributed by atoms with Crippen LogP contribution in [0.4, 0.5) is 11.4 Å². The largest absolute Gasteiger partial charge is 0.506 e. The highest BCUT2D eigenvalue weighted by Crippen LogP contribution is 2.42. The summed E-state index contributed by atoms with van der Waals surface area (Å²) in [7, 11) is 0. The molecule has 0 spiro atoms. The molecule has 0 aromatic heterocycles. The predicted molar refractivity (Wildman–Crippen MR) is 133 cm³/mol. The number of hydrogen-bond donors (Lipinski definition) is 4. The molecule has 0 aliphatic rings. The normalized spacial score (nSPS) is 10.1. The van der Waals surface area contributed by atoms with Gasteiger partial charge in [-0.15, -0.1) is 19.3 Å². The Kier molecular flexibility index (Phi) is 5.54. The first kappa shape index (κ1) is 21.8. The van der Waals surface area contributed by atoms with Crippen LogP contribution in [0.3, 0.4) is 0 Å². The Bertz CT molecular complexity index is 1580. The molecular weight excluding hydrogens is 428 g/mol. The van der Waals surface area contributed by atoms with Crippen LogP contribution in [-0.2, 0) is 0 Å². The second-order valence-corrected chi connectivity index (χ2v) is 7.27. The summed E-state index contributed by atoms with van der Waals surface area (Å²) in [6, 6.07) is 13.9. The molecule has 4 aromatic rings. The minimum Gasteiger partial charge on any atom is -0.506 e. The van der Waals surface area contributed by atoms with Crippen molar-refractivity contribution in [3.8, 4) is 71.5 Å². The first-order valence-electron chi connectivity index (χ1n) is 9.92. The molecule has 0 amide bonds. The van der Waals surface area contributed by atoms with Crippen LogP contribution in [0.2, 0.25) is 0 Å². The van der Waals surface area contributed by atoms with E-state index in [9.17, 15) is 10.2 Å². The summed E-state index contributed by atoms with van der Waals surface area (Å²) in [6.07, 6.45) is 17.3. The van der Waals surface area contributed by atoms with Crippen LogP contribution in [0.5, 0.6) is 34.5 Å². The van der Waals surface area contributed by atoms with E-state index >= 15 is 0 Å². The van der Waals surface area contributed by atoms with Crippen molar-refractivity contribution in [1.29, 1.82) is 0 Å². The summed E-state index contributed by atoms with van der Waals surface area (Å²) in [5.41, 5.74) is 13.1. The Morgan fingerprint density at radius 1 is 0.676 bits per heavy atom. The van der Waals surface area contributed by atoms with Crippen molar-refractivity contribution in [2.75, 3.05) is 11.5 Å². The fourth-order valence-corrected chi connectivity index (χ4v) is 3.42. The number of benzene rings is 4. The van der Waals surface area contributed by atoms with Gasteiger partial charge in [0, 0.05) is 34.0 Å². The molecule has 6 nitrogen and oxygen atoms in total. The number of phenolic OH excluding ortho intramolecular Hbond substituents is 2. The number of aromatic hydroxyl groups is 2. The number of hydrogen-bond acceptors (Lipinski definition) is 6. The third kappa shape index (κ3) is 3.94. The SMILES string of the molecule is C#Cc1cc(Oc2ccc(N)c(O)c2)c2c(C#C)c(C#C)cc(Oc3ccc(N)c(O)c3)c2c1. The molecule has 0 unspecified atom stereocenters. The van der Waals surface area contributed by atoms with Gasteiger partial charge in [-0.25, -0.2) is 0 Å². The van der Waals surface area contributed by atoms with E-state index in [1.54, 1.807) is 30.3 Å². The van der Waals surface area contributed by atoms with E-state index in [-0.39, 0.29) is 22.9 Å². The van der Waals surface area contributed by atoms with Gasteiger partial charge in [-0.2, -0.15) is 0 Å².